The normalized spacial score (nSPS) is 18.5. The van der Waals surface area contributed by atoms with Crippen LogP contribution >= 0.6 is 0 Å². The van der Waals surface area contributed by atoms with Gasteiger partial charge in [0.2, 0.25) is 5.91 Å². The molecule has 0 radical (unpaired) electrons. The summed E-state index contributed by atoms with van der Waals surface area (Å²) in [5.74, 6) is 0.954. The number of rotatable bonds is 8. The number of hydrogen-bond acceptors (Lipinski definition) is 4. The Labute approximate surface area is 208 Å². The molecule has 0 aliphatic carbocycles. The third kappa shape index (κ3) is 5.03. The first-order valence-electron chi connectivity index (χ1n) is 13.1. The lowest BCUT2D eigenvalue weighted by atomic mass is 9.94. The maximum absolute atomic E-state index is 13.5. The van der Waals surface area contributed by atoms with Crippen molar-refractivity contribution in [2.45, 2.75) is 71.5 Å². The van der Waals surface area contributed by atoms with Gasteiger partial charge in [0.15, 0.2) is 0 Å². The van der Waals surface area contributed by atoms with Gasteiger partial charge in [-0.25, -0.2) is 4.98 Å². The second kappa shape index (κ2) is 11.2. The van der Waals surface area contributed by atoms with Gasteiger partial charge in [-0.3, -0.25) is 19.1 Å². The molecule has 6 nitrogen and oxygen atoms in total. The van der Waals surface area contributed by atoms with Crippen molar-refractivity contribution >= 4 is 16.8 Å². The molecule has 35 heavy (non-hydrogen) atoms. The van der Waals surface area contributed by atoms with E-state index < -0.39 is 0 Å². The Bertz CT molecular complexity index is 1210. The van der Waals surface area contributed by atoms with E-state index in [1.165, 1.54) is 0 Å². The van der Waals surface area contributed by atoms with E-state index in [9.17, 15) is 9.59 Å². The van der Waals surface area contributed by atoms with E-state index in [4.69, 9.17) is 4.98 Å². The standard InChI is InChI=1S/C29H38N4O2/c1-5-17-33-27(30-25-16-12-11-15-24(25)29(33)35)26(7-3)31-18-19-32(21(4)20-31)28(34)23(6-2)22-13-9-8-10-14-22/h8-16,21,23,26H,5-7,17-20H2,1-4H3. The number of para-hydroxylation sites is 1. The van der Waals surface area contributed by atoms with E-state index in [1.807, 2.05) is 47.0 Å². The Kier molecular flexibility index (Phi) is 8.01. The highest BCUT2D eigenvalue weighted by Crippen LogP contribution is 2.29. The predicted octanol–water partition coefficient (Wildman–Crippen LogP) is 4.98. The van der Waals surface area contributed by atoms with E-state index in [2.05, 4.69) is 49.6 Å². The summed E-state index contributed by atoms with van der Waals surface area (Å²) in [5.41, 5.74) is 1.89. The van der Waals surface area contributed by atoms with Crippen LogP contribution in [0.25, 0.3) is 10.9 Å². The summed E-state index contributed by atoms with van der Waals surface area (Å²) in [6.45, 7) is 11.4. The molecule has 3 atom stereocenters. The summed E-state index contributed by atoms with van der Waals surface area (Å²) in [6.07, 6.45) is 2.52. The average Bonchev–Trinajstić information content (AvgIpc) is 2.88. The van der Waals surface area contributed by atoms with Crippen LogP contribution < -0.4 is 5.56 Å². The average molecular weight is 475 g/mol. The third-order valence-electron chi connectivity index (χ3n) is 7.31. The third-order valence-corrected chi connectivity index (χ3v) is 7.31. The molecule has 1 aromatic heterocycles. The maximum atomic E-state index is 13.5. The second-order valence-electron chi connectivity index (χ2n) is 9.62. The summed E-state index contributed by atoms with van der Waals surface area (Å²) < 4.78 is 1.88. The van der Waals surface area contributed by atoms with Crippen molar-refractivity contribution in [1.29, 1.82) is 0 Å². The van der Waals surface area contributed by atoms with Gasteiger partial charge >= 0.3 is 0 Å². The first kappa shape index (κ1) is 25.1. The topological polar surface area (TPSA) is 58.4 Å². The Morgan fingerprint density at radius 1 is 1.00 bits per heavy atom. The van der Waals surface area contributed by atoms with Crippen LogP contribution in [-0.2, 0) is 11.3 Å². The van der Waals surface area contributed by atoms with Crippen LogP contribution in [-0.4, -0.2) is 50.9 Å². The van der Waals surface area contributed by atoms with Gasteiger partial charge < -0.3 is 4.90 Å². The number of amides is 1. The largest absolute Gasteiger partial charge is 0.337 e. The van der Waals surface area contributed by atoms with Crippen molar-refractivity contribution in [3.05, 3.63) is 76.3 Å². The van der Waals surface area contributed by atoms with E-state index >= 15 is 0 Å². The molecule has 3 aromatic rings. The van der Waals surface area contributed by atoms with Crippen LogP contribution in [0.4, 0.5) is 0 Å². The van der Waals surface area contributed by atoms with Crippen LogP contribution in [0.1, 0.15) is 70.3 Å². The summed E-state index contributed by atoms with van der Waals surface area (Å²) >= 11 is 0. The molecular weight excluding hydrogens is 436 g/mol. The number of nitrogens with zero attached hydrogens (tertiary/aromatic N) is 4. The zero-order chi connectivity index (χ0) is 24.9. The molecule has 0 spiro atoms. The molecule has 4 rings (SSSR count). The highest BCUT2D eigenvalue weighted by molar-refractivity contribution is 5.84. The highest BCUT2D eigenvalue weighted by atomic mass is 16.2. The number of hydrogen-bond donors (Lipinski definition) is 0. The minimum absolute atomic E-state index is 0.0367. The van der Waals surface area contributed by atoms with Gasteiger partial charge in [-0.2, -0.15) is 0 Å². The molecule has 1 aliphatic rings. The van der Waals surface area contributed by atoms with Crippen molar-refractivity contribution in [2.24, 2.45) is 0 Å². The van der Waals surface area contributed by atoms with Crippen molar-refractivity contribution in [3.63, 3.8) is 0 Å². The fraction of sp³-hybridized carbons (Fsp3) is 0.483. The maximum Gasteiger partial charge on any atom is 0.261 e. The Hall–Kier alpha value is -2.99. The van der Waals surface area contributed by atoms with Gasteiger partial charge in [0.25, 0.3) is 5.56 Å². The molecule has 0 saturated carbocycles. The zero-order valence-electron chi connectivity index (χ0n) is 21.5. The number of piperazine rings is 1. The molecule has 3 unspecified atom stereocenters. The summed E-state index contributed by atoms with van der Waals surface area (Å²) in [7, 11) is 0. The summed E-state index contributed by atoms with van der Waals surface area (Å²) in [6, 6.07) is 17.9. The molecule has 2 heterocycles. The van der Waals surface area contributed by atoms with Gasteiger partial charge in [0, 0.05) is 32.2 Å². The lowest BCUT2D eigenvalue weighted by Gasteiger charge is -2.44. The molecule has 1 fully saturated rings. The zero-order valence-corrected chi connectivity index (χ0v) is 21.5. The Morgan fingerprint density at radius 3 is 2.37 bits per heavy atom. The van der Waals surface area contributed by atoms with Crippen LogP contribution in [0.3, 0.4) is 0 Å². The molecule has 186 valence electrons. The summed E-state index contributed by atoms with van der Waals surface area (Å²) in [5, 5.41) is 0.676. The van der Waals surface area contributed by atoms with Gasteiger partial charge in [0.1, 0.15) is 5.82 Å². The molecule has 0 bridgehead atoms. The lowest BCUT2D eigenvalue weighted by Crippen LogP contribution is -2.56. The molecule has 1 amide bonds. The SMILES string of the molecule is CCCn1c(C(CC)N2CCN(C(=O)C(CC)c3ccccc3)C(C)C2)nc2ccccc2c1=O. The number of fused-ring (bicyclic) bond motifs is 1. The van der Waals surface area contributed by atoms with Crippen molar-refractivity contribution in [3.8, 4) is 0 Å². The van der Waals surface area contributed by atoms with E-state index in [-0.39, 0.29) is 29.5 Å². The van der Waals surface area contributed by atoms with Crippen LogP contribution in [0.5, 0.6) is 0 Å². The molecule has 2 aromatic carbocycles. The minimum atomic E-state index is -0.107. The van der Waals surface area contributed by atoms with Crippen LogP contribution in [0.2, 0.25) is 0 Å². The van der Waals surface area contributed by atoms with E-state index in [0.29, 0.717) is 18.5 Å². The second-order valence-corrected chi connectivity index (χ2v) is 9.62. The molecule has 6 heteroatoms. The highest BCUT2D eigenvalue weighted by Gasteiger charge is 2.35. The fourth-order valence-electron chi connectivity index (χ4n) is 5.52. The van der Waals surface area contributed by atoms with Gasteiger partial charge in [0.05, 0.1) is 22.9 Å². The van der Waals surface area contributed by atoms with Gasteiger partial charge in [-0.05, 0) is 43.9 Å². The van der Waals surface area contributed by atoms with E-state index in [0.717, 1.165) is 49.3 Å². The van der Waals surface area contributed by atoms with Crippen molar-refractivity contribution in [1.82, 2.24) is 19.4 Å². The van der Waals surface area contributed by atoms with Gasteiger partial charge in [-0.15, -0.1) is 0 Å². The quantitative estimate of drug-likeness (QED) is 0.462. The first-order valence-corrected chi connectivity index (χ1v) is 13.1. The number of carbonyl (C=O) groups excluding carboxylic acids is 1. The summed E-state index contributed by atoms with van der Waals surface area (Å²) in [4.78, 5) is 36.4. The molecule has 0 N–H and O–H groups in total. The molecular formula is C29H38N4O2. The number of carbonyl (C=O) groups is 1. The van der Waals surface area contributed by atoms with E-state index in [1.54, 1.807) is 0 Å². The lowest BCUT2D eigenvalue weighted by molar-refractivity contribution is -0.138. The predicted molar refractivity (Wildman–Crippen MR) is 142 cm³/mol. The van der Waals surface area contributed by atoms with Crippen molar-refractivity contribution in [2.75, 3.05) is 19.6 Å². The van der Waals surface area contributed by atoms with Gasteiger partial charge in [-0.1, -0.05) is 63.2 Å². The number of aromatic nitrogens is 2. The monoisotopic (exact) mass is 474 g/mol. The van der Waals surface area contributed by atoms with Crippen molar-refractivity contribution < 1.29 is 4.79 Å². The Morgan fingerprint density at radius 2 is 1.71 bits per heavy atom. The fourth-order valence-corrected chi connectivity index (χ4v) is 5.52. The first-order chi connectivity index (χ1) is 17.0. The minimum Gasteiger partial charge on any atom is -0.337 e. The molecule has 1 aliphatic heterocycles. The van der Waals surface area contributed by atoms with Crippen LogP contribution in [0.15, 0.2) is 59.4 Å². The van der Waals surface area contributed by atoms with Crippen LogP contribution in [0, 0.1) is 0 Å². The smallest absolute Gasteiger partial charge is 0.261 e. The number of benzene rings is 2. The molecule has 1 saturated heterocycles. The Balaban J connectivity index is 1.59.